The van der Waals surface area contributed by atoms with Crippen molar-refractivity contribution in [3.63, 3.8) is 0 Å². The topological polar surface area (TPSA) is 141 Å². The van der Waals surface area contributed by atoms with Crippen LogP contribution in [0.1, 0.15) is 5.56 Å². The molecule has 1 radical (unpaired) electrons. The van der Waals surface area contributed by atoms with Gasteiger partial charge in [-0.15, -0.1) is 14.6 Å². The summed E-state index contributed by atoms with van der Waals surface area (Å²) < 4.78 is 39.5. The van der Waals surface area contributed by atoms with E-state index >= 15 is 0 Å². The molecular weight excluding hydrogens is 519 g/mol. The molecule has 2 N–H and O–H groups in total. The van der Waals surface area contributed by atoms with Crippen molar-refractivity contribution in [1.29, 1.82) is 0 Å². The standard InChI is InChI=1S/C19H16N2O7S2.Cu.Na/c1-3-29-28-27-13-5-7-16(22)15(10-13)20-21-18-14-6-4-11(2)8-12(14)9-17(19(18)23)30(24,25)26;;/h3-10,22-23H,1H2,2H3,(H,24,25,26);;/q;;+1/p-1. The maximum Gasteiger partial charge on any atom is 1.00 e. The number of aromatic hydroxyl groups is 2. The Labute approximate surface area is 221 Å². The van der Waals surface area contributed by atoms with Crippen LogP contribution in [0.5, 0.6) is 17.2 Å². The molecule has 0 saturated heterocycles. The number of phenols is 2. The van der Waals surface area contributed by atoms with Gasteiger partial charge in [0.2, 0.25) is 0 Å². The number of hydrogen-bond donors (Lipinski definition) is 2. The van der Waals surface area contributed by atoms with Crippen molar-refractivity contribution >= 4 is 44.3 Å². The van der Waals surface area contributed by atoms with E-state index < -0.39 is 20.8 Å². The summed E-state index contributed by atoms with van der Waals surface area (Å²) in [6.45, 7) is 5.23. The summed E-state index contributed by atoms with van der Waals surface area (Å²) in [6, 6.07) is 10.1. The molecule has 0 amide bonds. The minimum atomic E-state index is -4.97. The Kier molecular flexibility index (Phi) is 10.7. The number of fused-ring (bicyclic) bond motifs is 1. The maximum absolute atomic E-state index is 11.6. The first-order valence-electron chi connectivity index (χ1n) is 8.28. The van der Waals surface area contributed by atoms with Crippen molar-refractivity contribution < 1.29 is 79.0 Å². The third-order valence-electron chi connectivity index (χ3n) is 3.92. The largest absolute Gasteiger partial charge is 1.00 e. The van der Waals surface area contributed by atoms with E-state index in [4.69, 9.17) is 9.22 Å². The predicted molar refractivity (Wildman–Crippen MR) is 110 cm³/mol. The molecule has 0 aliphatic carbocycles. The molecule has 0 saturated carbocycles. The first kappa shape index (κ1) is 28.4. The van der Waals surface area contributed by atoms with Gasteiger partial charge in [0.25, 0.3) is 0 Å². The average molecular weight is 534 g/mol. The number of nitrogens with zero attached hydrogens (tertiary/aromatic N) is 2. The molecule has 0 atom stereocenters. The van der Waals surface area contributed by atoms with Gasteiger partial charge >= 0.3 is 29.6 Å². The normalized spacial score (nSPS) is 11.1. The molecule has 167 valence electrons. The number of benzene rings is 3. The SMILES string of the molecule is C=CSOOc1ccc(O)c(N=Nc2c(O)c(S(=O)(=O)[O-])cc3cc(C)ccc23)c1.[Cu].[Na+]. The Morgan fingerprint density at radius 2 is 1.84 bits per heavy atom. The molecule has 0 fully saturated rings. The molecule has 3 aromatic rings. The zero-order valence-electron chi connectivity index (χ0n) is 16.8. The molecule has 0 aliphatic rings. The van der Waals surface area contributed by atoms with Crippen LogP contribution in [0.2, 0.25) is 0 Å². The molecular formula is C19H15CuN2NaO7S2. The fourth-order valence-electron chi connectivity index (χ4n) is 2.59. The van der Waals surface area contributed by atoms with Gasteiger partial charge in [-0.05, 0) is 35.9 Å². The molecule has 0 aliphatic heterocycles. The molecule has 9 nitrogen and oxygen atoms in total. The molecule has 0 unspecified atom stereocenters. The molecule has 13 heteroatoms. The van der Waals surface area contributed by atoms with Crippen molar-refractivity contribution in [3.05, 3.63) is 60.0 Å². The fraction of sp³-hybridized carbons (Fsp3) is 0.0526. The van der Waals surface area contributed by atoms with Crippen molar-refractivity contribution in [2.24, 2.45) is 10.2 Å². The van der Waals surface area contributed by atoms with Crippen molar-refractivity contribution in [2.75, 3.05) is 0 Å². The minimum absolute atomic E-state index is 0. The van der Waals surface area contributed by atoms with Gasteiger partial charge < -0.3 is 19.7 Å². The van der Waals surface area contributed by atoms with Gasteiger partial charge in [0.05, 0.1) is 16.9 Å². The quantitative estimate of drug-likeness (QED) is 0.0893. The van der Waals surface area contributed by atoms with Crippen LogP contribution in [0.3, 0.4) is 0 Å². The average Bonchev–Trinajstić information content (AvgIpc) is 2.68. The number of aryl methyl sites for hydroxylation is 1. The molecule has 0 bridgehead atoms. The van der Waals surface area contributed by atoms with E-state index in [1.54, 1.807) is 25.1 Å². The van der Waals surface area contributed by atoms with Gasteiger partial charge in [0.15, 0.2) is 11.5 Å². The number of phenolic OH excluding ortho intramolecular Hbond substituents is 2. The van der Waals surface area contributed by atoms with Crippen LogP contribution in [0, 0.1) is 6.92 Å². The van der Waals surface area contributed by atoms with Crippen LogP contribution in [-0.2, 0) is 31.5 Å². The zero-order valence-corrected chi connectivity index (χ0v) is 21.3. The van der Waals surface area contributed by atoms with E-state index in [-0.39, 0.29) is 69.5 Å². The maximum atomic E-state index is 11.6. The van der Waals surface area contributed by atoms with Gasteiger partial charge in [0, 0.05) is 28.5 Å². The number of hydrogen-bond acceptors (Lipinski definition) is 10. The molecule has 0 aromatic heterocycles. The molecule has 0 spiro atoms. The fourth-order valence-corrected chi connectivity index (χ4v) is 3.37. The smallest absolute Gasteiger partial charge is 0.744 e. The summed E-state index contributed by atoms with van der Waals surface area (Å²) in [5.74, 6) is -0.894. The zero-order chi connectivity index (χ0) is 21.9. The van der Waals surface area contributed by atoms with E-state index in [0.29, 0.717) is 10.8 Å². The Morgan fingerprint density at radius 3 is 2.50 bits per heavy atom. The summed E-state index contributed by atoms with van der Waals surface area (Å²) in [6.07, 6.45) is 0. The van der Waals surface area contributed by atoms with Crippen molar-refractivity contribution in [1.82, 2.24) is 0 Å². The van der Waals surface area contributed by atoms with Crippen molar-refractivity contribution in [2.45, 2.75) is 11.8 Å². The van der Waals surface area contributed by atoms with E-state index in [1.165, 1.54) is 23.6 Å². The predicted octanol–water partition coefficient (Wildman–Crippen LogP) is 1.98. The molecule has 3 aromatic carbocycles. The first-order chi connectivity index (χ1) is 14.2. The summed E-state index contributed by atoms with van der Waals surface area (Å²) >= 11 is 0.837. The van der Waals surface area contributed by atoms with Crippen LogP contribution < -0.4 is 34.4 Å². The summed E-state index contributed by atoms with van der Waals surface area (Å²) in [5, 5.41) is 30.3. The van der Waals surface area contributed by atoms with E-state index in [0.717, 1.165) is 23.7 Å². The number of rotatable bonds is 7. The van der Waals surface area contributed by atoms with Crippen LogP contribution in [0.4, 0.5) is 11.4 Å². The minimum Gasteiger partial charge on any atom is -0.744 e. The monoisotopic (exact) mass is 533 g/mol. The third-order valence-corrected chi connectivity index (χ3v) is 5.05. The molecule has 3 rings (SSSR count). The second-order valence-corrected chi connectivity index (χ2v) is 8.03. The summed E-state index contributed by atoms with van der Waals surface area (Å²) in [5.41, 5.74) is 0.533. The van der Waals surface area contributed by atoms with Crippen LogP contribution >= 0.6 is 12.0 Å². The number of azo groups is 1. The molecule has 32 heavy (non-hydrogen) atoms. The second-order valence-electron chi connectivity index (χ2n) is 6.02. The van der Waals surface area contributed by atoms with E-state index in [1.807, 2.05) is 0 Å². The van der Waals surface area contributed by atoms with Gasteiger partial charge in [-0.3, -0.25) is 0 Å². The van der Waals surface area contributed by atoms with Crippen molar-refractivity contribution in [3.8, 4) is 17.2 Å². The summed E-state index contributed by atoms with van der Waals surface area (Å²) in [7, 11) is -4.97. The van der Waals surface area contributed by atoms with Gasteiger partial charge in [0.1, 0.15) is 27.2 Å². The Bertz CT molecular complexity index is 1270. The Hall–Kier alpha value is -1.60. The Balaban J connectivity index is 0.00000256. The Morgan fingerprint density at radius 1 is 1.12 bits per heavy atom. The van der Waals surface area contributed by atoms with E-state index in [9.17, 15) is 23.2 Å². The van der Waals surface area contributed by atoms with Crippen LogP contribution in [0.15, 0.2) is 69.6 Å². The summed E-state index contributed by atoms with van der Waals surface area (Å²) in [4.78, 5) is 4.16. The third kappa shape index (κ3) is 6.70. The van der Waals surface area contributed by atoms with Gasteiger partial charge in [-0.25, -0.2) is 8.42 Å². The second kappa shape index (κ2) is 12.0. The first-order valence-corrected chi connectivity index (χ1v) is 10.5. The van der Waals surface area contributed by atoms with Crippen LogP contribution in [0.25, 0.3) is 10.8 Å². The molecule has 0 heterocycles. The van der Waals surface area contributed by atoms with Gasteiger partial charge in [-0.1, -0.05) is 30.3 Å². The van der Waals surface area contributed by atoms with Gasteiger partial charge in [-0.2, -0.15) is 0 Å². The van der Waals surface area contributed by atoms with E-state index in [2.05, 4.69) is 16.8 Å². The van der Waals surface area contributed by atoms with Crippen LogP contribution in [-0.4, -0.2) is 23.2 Å².